The van der Waals surface area contributed by atoms with E-state index in [0.29, 0.717) is 30.0 Å². The van der Waals surface area contributed by atoms with Gasteiger partial charge in [-0.2, -0.15) is 0 Å². The van der Waals surface area contributed by atoms with Crippen molar-refractivity contribution in [3.8, 4) is 0 Å². The lowest BCUT2D eigenvalue weighted by Gasteiger charge is -2.14. The maximum absolute atomic E-state index is 5.79. The van der Waals surface area contributed by atoms with Crippen LogP contribution in [-0.4, -0.2) is 17.1 Å². The number of para-hydroxylation sites is 1. The van der Waals surface area contributed by atoms with E-state index in [2.05, 4.69) is 35.2 Å². The van der Waals surface area contributed by atoms with Crippen molar-refractivity contribution >= 4 is 17.3 Å². The molecule has 1 aromatic carbocycles. The third-order valence-electron chi connectivity index (χ3n) is 2.91. The summed E-state index contributed by atoms with van der Waals surface area (Å²) in [4.78, 5) is 8.52. The first-order valence-electron chi connectivity index (χ1n) is 6.58. The van der Waals surface area contributed by atoms with Gasteiger partial charge in [0.15, 0.2) is 5.82 Å². The third kappa shape index (κ3) is 3.45. The van der Waals surface area contributed by atoms with Gasteiger partial charge in [0.2, 0.25) is 0 Å². The molecule has 0 saturated heterocycles. The molecule has 106 valence electrons. The van der Waals surface area contributed by atoms with Gasteiger partial charge in [-0.25, -0.2) is 9.97 Å². The second-order valence-electron chi connectivity index (χ2n) is 4.89. The Hall–Kier alpha value is -2.14. The normalized spacial score (nSPS) is 10.8. The summed E-state index contributed by atoms with van der Waals surface area (Å²) in [5, 5.41) is 3.31. The van der Waals surface area contributed by atoms with Crippen LogP contribution in [-0.2, 0) is 11.3 Å². The van der Waals surface area contributed by atoms with Crippen LogP contribution >= 0.6 is 0 Å². The van der Waals surface area contributed by atoms with Crippen LogP contribution in [0.3, 0.4) is 0 Å². The average molecular weight is 272 g/mol. The van der Waals surface area contributed by atoms with Gasteiger partial charge in [-0.15, -0.1) is 0 Å². The van der Waals surface area contributed by atoms with Crippen LogP contribution in [0.2, 0.25) is 0 Å². The molecule has 3 N–H and O–H groups in total. The molecule has 5 heteroatoms. The van der Waals surface area contributed by atoms with Crippen molar-refractivity contribution in [3.05, 3.63) is 41.7 Å². The van der Waals surface area contributed by atoms with E-state index in [1.165, 1.54) is 5.56 Å². The number of anilines is 3. The molecule has 0 saturated carbocycles. The van der Waals surface area contributed by atoms with Gasteiger partial charge in [-0.3, -0.25) is 0 Å². The van der Waals surface area contributed by atoms with Crippen LogP contribution < -0.4 is 11.1 Å². The number of hydrogen-bond acceptors (Lipinski definition) is 5. The Morgan fingerprint density at radius 1 is 1.25 bits per heavy atom. The maximum Gasteiger partial charge on any atom is 0.158 e. The fourth-order valence-corrected chi connectivity index (χ4v) is 2.03. The number of rotatable bonds is 5. The third-order valence-corrected chi connectivity index (χ3v) is 2.91. The van der Waals surface area contributed by atoms with Crippen LogP contribution in [0.4, 0.5) is 17.3 Å². The van der Waals surface area contributed by atoms with Crippen molar-refractivity contribution in [1.29, 1.82) is 0 Å². The zero-order chi connectivity index (χ0) is 14.5. The molecule has 0 unspecified atom stereocenters. The molecule has 2 rings (SSSR count). The second kappa shape index (κ2) is 6.34. The monoisotopic (exact) mass is 272 g/mol. The van der Waals surface area contributed by atoms with E-state index in [-0.39, 0.29) is 0 Å². The minimum absolute atomic E-state index is 0.339. The largest absolute Gasteiger partial charge is 0.384 e. The van der Waals surface area contributed by atoms with Crippen LogP contribution in [0.25, 0.3) is 0 Å². The van der Waals surface area contributed by atoms with Crippen molar-refractivity contribution in [2.75, 3.05) is 18.2 Å². The molecule has 0 atom stereocenters. The molecule has 0 amide bonds. The van der Waals surface area contributed by atoms with Gasteiger partial charge in [0.05, 0.1) is 0 Å². The van der Waals surface area contributed by atoms with E-state index in [9.17, 15) is 0 Å². The number of nitrogen functional groups attached to an aromatic ring is 1. The number of nitrogens with one attached hydrogen (secondary N) is 1. The topological polar surface area (TPSA) is 73.1 Å². The highest BCUT2D eigenvalue weighted by molar-refractivity contribution is 5.62. The van der Waals surface area contributed by atoms with Gasteiger partial charge in [-0.05, 0) is 17.5 Å². The van der Waals surface area contributed by atoms with E-state index < -0.39 is 0 Å². The Morgan fingerprint density at radius 3 is 2.70 bits per heavy atom. The summed E-state index contributed by atoms with van der Waals surface area (Å²) in [6.45, 7) is 4.65. The van der Waals surface area contributed by atoms with Crippen molar-refractivity contribution in [2.24, 2.45) is 0 Å². The Labute approximate surface area is 119 Å². The van der Waals surface area contributed by atoms with Crippen LogP contribution in [0, 0.1) is 0 Å². The fourth-order valence-electron chi connectivity index (χ4n) is 2.03. The molecule has 0 fully saturated rings. The first kappa shape index (κ1) is 14.3. The lowest BCUT2D eigenvalue weighted by molar-refractivity contribution is 0.178. The number of aromatic nitrogens is 2. The second-order valence-corrected chi connectivity index (χ2v) is 4.89. The number of nitrogens with two attached hydrogens (primary N) is 1. The lowest BCUT2D eigenvalue weighted by atomic mass is 10.0. The van der Waals surface area contributed by atoms with Crippen LogP contribution in [0.1, 0.15) is 31.2 Å². The standard InChI is InChI=1S/C15H20N4O/c1-10(2)11-6-4-5-7-12(11)17-14-8-13(16)18-15(19-14)9-20-3/h4-8,10H,9H2,1-3H3,(H3,16,17,18,19). The molecule has 1 heterocycles. The minimum atomic E-state index is 0.339. The van der Waals surface area contributed by atoms with Gasteiger partial charge in [-0.1, -0.05) is 32.0 Å². The Bertz CT molecular complexity index is 584. The molecule has 0 aliphatic rings. The number of nitrogens with zero attached hydrogens (tertiary/aromatic N) is 2. The van der Waals surface area contributed by atoms with Crippen molar-refractivity contribution in [1.82, 2.24) is 9.97 Å². The highest BCUT2D eigenvalue weighted by Crippen LogP contribution is 2.26. The molecular weight excluding hydrogens is 252 g/mol. The molecule has 1 aromatic heterocycles. The highest BCUT2D eigenvalue weighted by Gasteiger charge is 2.08. The summed E-state index contributed by atoms with van der Waals surface area (Å²) >= 11 is 0. The fraction of sp³-hybridized carbons (Fsp3) is 0.333. The highest BCUT2D eigenvalue weighted by atomic mass is 16.5. The molecule has 2 aromatic rings. The quantitative estimate of drug-likeness (QED) is 0.875. The zero-order valence-electron chi connectivity index (χ0n) is 12.1. The number of ether oxygens (including phenoxy) is 1. The van der Waals surface area contributed by atoms with E-state index >= 15 is 0 Å². The first-order chi connectivity index (χ1) is 9.60. The molecule has 0 bridgehead atoms. The van der Waals surface area contributed by atoms with Gasteiger partial charge < -0.3 is 15.8 Å². The summed E-state index contributed by atoms with van der Waals surface area (Å²) in [6.07, 6.45) is 0. The predicted molar refractivity (Wildman–Crippen MR) is 81.0 cm³/mol. The SMILES string of the molecule is COCc1nc(N)cc(Nc2ccccc2C(C)C)n1. The lowest BCUT2D eigenvalue weighted by Crippen LogP contribution is -2.05. The Balaban J connectivity index is 2.30. The molecule has 0 spiro atoms. The summed E-state index contributed by atoms with van der Waals surface area (Å²) < 4.78 is 5.04. The van der Waals surface area contributed by atoms with E-state index in [0.717, 1.165) is 5.69 Å². The Kier molecular flexibility index (Phi) is 4.53. The van der Waals surface area contributed by atoms with Gasteiger partial charge >= 0.3 is 0 Å². The molecular formula is C15H20N4O. The van der Waals surface area contributed by atoms with Crippen molar-refractivity contribution in [3.63, 3.8) is 0 Å². The predicted octanol–water partition coefficient (Wildman–Crippen LogP) is 3.07. The summed E-state index contributed by atoms with van der Waals surface area (Å²) in [6, 6.07) is 9.88. The number of benzene rings is 1. The molecule has 0 radical (unpaired) electrons. The number of methoxy groups -OCH3 is 1. The number of hydrogen-bond donors (Lipinski definition) is 2. The first-order valence-corrected chi connectivity index (χ1v) is 6.58. The maximum atomic E-state index is 5.79. The van der Waals surface area contributed by atoms with E-state index in [1.54, 1.807) is 13.2 Å². The van der Waals surface area contributed by atoms with E-state index in [4.69, 9.17) is 10.5 Å². The zero-order valence-corrected chi connectivity index (χ0v) is 12.1. The average Bonchev–Trinajstić information content (AvgIpc) is 2.38. The van der Waals surface area contributed by atoms with Gasteiger partial charge in [0.25, 0.3) is 0 Å². The van der Waals surface area contributed by atoms with Crippen LogP contribution in [0.15, 0.2) is 30.3 Å². The van der Waals surface area contributed by atoms with E-state index in [1.807, 2.05) is 18.2 Å². The minimum Gasteiger partial charge on any atom is -0.384 e. The summed E-state index contributed by atoms with van der Waals surface area (Å²) in [5.74, 6) is 2.10. The smallest absolute Gasteiger partial charge is 0.158 e. The molecule has 5 nitrogen and oxygen atoms in total. The molecule has 0 aliphatic carbocycles. The van der Waals surface area contributed by atoms with Gasteiger partial charge in [0, 0.05) is 18.9 Å². The van der Waals surface area contributed by atoms with Gasteiger partial charge in [0.1, 0.15) is 18.2 Å². The summed E-state index contributed by atoms with van der Waals surface area (Å²) in [7, 11) is 1.60. The van der Waals surface area contributed by atoms with Crippen molar-refractivity contribution in [2.45, 2.75) is 26.4 Å². The molecule has 20 heavy (non-hydrogen) atoms. The van der Waals surface area contributed by atoms with Crippen LogP contribution in [0.5, 0.6) is 0 Å². The Morgan fingerprint density at radius 2 is 2.00 bits per heavy atom. The van der Waals surface area contributed by atoms with Crippen molar-refractivity contribution < 1.29 is 4.74 Å². The molecule has 0 aliphatic heterocycles. The summed E-state index contributed by atoms with van der Waals surface area (Å²) in [5.41, 5.74) is 8.06.